The normalized spacial score (nSPS) is 10.9. The third-order valence-corrected chi connectivity index (χ3v) is 4.15. The third kappa shape index (κ3) is 3.10. The number of hydrogen-bond donors (Lipinski definition) is 1. The summed E-state index contributed by atoms with van der Waals surface area (Å²) in [6, 6.07) is 0. The van der Waals surface area contributed by atoms with Gasteiger partial charge in [-0.2, -0.15) is 0 Å². The highest BCUT2D eigenvalue weighted by Crippen LogP contribution is 2.16. The van der Waals surface area contributed by atoms with Crippen LogP contribution in [0.5, 0.6) is 0 Å². The second kappa shape index (κ2) is 5.52. The van der Waals surface area contributed by atoms with Crippen LogP contribution >= 0.6 is 22.7 Å². The van der Waals surface area contributed by atoms with Gasteiger partial charge in [-0.15, -0.1) is 22.7 Å². The van der Waals surface area contributed by atoms with Crippen molar-refractivity contribution in [3.8, 4) is 0 Å². The summed E-state index contributed by atoms with van der Waals surface area (Å²) < 4.78 is 0. The van der Waals surface area contributed by atoms with Crippen molar-refractivity contribution in [2.75, 3.05) is 6.54 Å². The number of rotatable bonds is 5. The monoisotopic (exact) mass is 253 g/mol. The Kier molecular flexibility index (Phi) is 4.04. The minimum atomic E-state index is 0.854. The topological polar surface area (TPSA) is 37.8 Å². The van der Waals surface area contributed by atoms with Gasteiger partial charge in [0.15, 0.2) is 0 Å². The molecule has 2 heterocycles. The molecule has 86 valence electrons. The standard InChI is InChI=1S/C11H15N3S2/c1-8-9(2)16-11(14-8)3-4-12-5-10-6-15-7-13-10/h6-7,12H,3-5H2,1-2H3. The van der Waals surface area contributed by atoms with Gasteiger partial charge in [0, 0.05) is 29.8 Å². The smallest absolute Gasteiger partial charge is 0.0943 e. The predicted octanol–water partition coefficient (Wildman–Crippen LogP) is 2.55. The predicted molar refractivity (Wildman–Crippen MR) is 69.1 cm³/mol. The maximum Gasteiger partial charge on any atom is 0.0943 e. The summed E-state index contributed by atoms with van der Waals surface area (Å²) in [6.07, 6.45) is 1.00. The van der Waals surface area contributed by atoms with Crippen molar-refractivity contribution in [3.63, 3.8) is 0 Å². The molecule has 0 saturated carbocycles. The van der Waals surface area contributed by atoms with Gasteiger partial charge >= 0.3 is 0 Å². The molecule has 2 rings (SSSR count). The molecule has 0 spiro atoms. The van der Waals surface area contributed by atoms with E-state index in [0.717, 1.165) is 25.2 Å². The van der Waals surface area contributed by atoms with Crippen LogP contribution in [0.2, 0.25) is 0 Å². The molecule has 0 unspecified atom stereocenters. The van der Waals surface area contributed by atoms with E-state index < -0.39 is 0 Å². The SMILES string of the molecule is Cc1nc(CCNCc2cscn2)sc1C. The lowest BCUT2D eigenvalue weighted by molar-refractivity contribution is 0.675. The lowest BCUT2D eigenvalue weighted by Gasteiger charge is -1.99. The molecule has 0 aliphatic rings. The van der Waals surface area contributed by atoms with Crippen molar-refractivity contribution in [3.05, 3.63) is 32.2 Å². The van der Waals surface area contributed by atoms with E-state index >= 15 is 0 Å². The first-order valence-electron chi connectivity index (χ1n) is 5.26. The third-order valence-electron chi connectivity index (χ3n) is 2.38. The summed E-state index contributed by atoms with van der Waals surface area (Å²) in [5.41, 5.74) is 4.15. The van der Waals surface area contributed by atoms with Gasteiger partial charge in [0.25, 0.3) is 0 Å². The van der Waals surface area contributed by atoms with Gasteiger partial charge in [-0.05, 0) is 13.8 Å². The Morgan fingerprint density at radius 3 is 2.88 bits per heavy atom. The zero-order chi connectivity index (χ0) is 11.4. The van der Waals surface area contributed by atoms with Crippen LogP contribution in [0.1, 0.15) is 21.3 Å². The van der Waals surface area contributed by atoms with Gasteiger partial charge in [0.1, 0.15) is 0 Å². The first kappa shape index (κ1) is 11.7. The molecule has 2 aromatic rings. The molecule has 5 heteroatoms. The Hall–Kier alpha value is -0.780. The van der Waals surface area contributed by atoms with Crippen molar-refractivity contribution in [1.82, 2.24) is 15.3 Å². The van der Waals surface area contributed by atoms with E-state index in [1.54, 1.807) is 22.7 Å². The van der Waals surface area contributed by atoms with Crippen LogP contribution < -0.4 is 5.32 Å². The van der Waals surface area contributed by atoms with Crippen LogP contribution in [0.3, 0.4) is 0 Å². The fourth-order valence-corrected chi connectivity index (χ4v) is 2.87. The summed E-state index contributed by atoms with van der Waals surface area (Å²) in [7, 11) is 0. The Balaban J connectivity index is 1.72. The van der Waals surface area contributed by atoms with Gasteiger partial charge in [-0.3, -0.25) is 0 Å². The lowest BCUT2D eigenvalue weighted by Crippen LogP contribution is -2.16. The number of hydrogen-bond acceptors (Lipinski definition) is 5. The molecular formula is C11H15N3S2. The molecule has 0 atom stereocenters. The lowest BCUT2D eigenvalue weighted by atomic mass is 10.4. The van der Waals surface area contributed by atoms with Crippen molar-refractivity contribution < 1.29 is 0 Å². The Bertz CT molecular complexity index is 415. The minimum Gasteiger partial charge on any atom is -0.311 e. The second-order valence-electron chi connectivity index (χ2n) is 3.66. The van der Waals surface area contributed by atoms with Gasteiger partial charge in [0.2, 0.25) is 0 Å². The Morgan fingerprint density at radius 1 is 1.38 bits per heavy atom. The average Bonchev–Trinajstić information content (AvgIpc) is 2.85. The van der Waals surface area contributed by atoms with E-state index in [1.807, 2.05) is 5.51 Å². The molecule has 0 saturated heterocycles. The number of nitrogens with one attached hydrogen (secondary N) is 1. The van der Waals surface area contributed by atoms with Crippen molar-refractivity contribution in [2.24, 2.45) is 0 Å². The maximum atomic E-state index is 4.51. The Morgan fingerprint density at radius 2 is 2.25 bits per heavy atom. The van der Waals surface area contributed by atoms with E-state index in [-0.39, 0.29) is 0 Å². The number of aromatic nitrogens is 2. The molecule has 16 heavy (non-hydrogen) atoms. The Labute approximate surface area is 104 Å². The number of nitrogens with zero attached hydrogens (tertiary/aromatic N) is 2. The van der Waals surface area contributed by atoms with Gasteiger partial charge in [0.05, 0.1) is 21.9 Å². The largest absolute Gasteiger partial charge is 0.311 e. The number of thiazole rings is 2. The van der Waals surface area contributed by atoms with Gasteiger partial charge < -0.3 is 5.32 Å². The van der Waals surface area contributed by atoms with Crippen LogP contribution in [0.4, 0.5) is 0 Å². The fourth-order valence-electron chi connectivity index (χ4n) is 1.38. The van der Waals surface area contributed by atoms with Crippen LogP contribution in [-0.2, 0) is 13.0 Å². The molecular weight excluding hydrogens is 238 g/mol. The first-order valence-corrected chi connectivity index (χ1v) is 7.02. The molecule has 0 aliphatic carbocycles. The molecule has 0 aromatic carbocycles. The molecule has 0 fully saturated rings. The molecule has 0 bridgehead atoms. The van der Waals surface area contributed by atoms with E-state index in [0.29, 0.717) is 0 Å². The highest BCUT2D eigenvalue weighted by Gasteiger charge is 2.02. The van der Waals surface area contributed by atoms with Crippen molar-refractivity contribution in [2.45, 2.75) is 26.8 Å². The van der Waals surface area contributed by atoms with Crippen LogP contribution in [0.15, 0.2) is 10.9 Å². The van der Waals surface area contributed by atoms with Crippen LogP contribution in [0, 0.1) is 13.8 Å². The minimum absolute atomic E-state index is 0.854. The van der Waals surface area contributed by atoms with E-state index in [1.165, 1.54) is 15.6 Å². The summed E-state index contributed by atoms with van der Waals surface area (Å²) in [6.45, 7) is 6.01. The summed E-state index contributed by atoms with van der Waals surface area (Å²) in [4.78, 5) is 10.1. The van der Waals surface area contributed by atoms with Crippen molar-refractivity contribution >= 4 is 22.7 Å². The summed E-state index contributed by atoms with van der Waals surface area (Å²) >= 11 is 3.44. The quantitative estimate of drug-likeness (QED) is 0.832. The molecule has 0 radical (unpaired) electrons. The average molecular weight is 253 g/mol. The van der Waals surface area contributed by atoms with Gasteiger partial charge in [-0.25, -0.2) is 9.97 Å². The fraction of sp³-hybridized carbons (Fsp3) is 0.455. The molecule has 0 aliphatic heterocycles. The van der Waals surface area contributed by atoms with Crippen LogP contribution in [0.25, 0.3) is 0 Å². The van der Waals surface area contributed by atoms with Gasteiger partial charge in [-0.1, -0.05) is 0 Å². The summed E-state index contributed by atoms with van der Waals surface area (Å²) in [5, 5.41) is 6.67. The van der Waals surface area contributed by atoms with E-state index in [9.17, 15) is 0 Å². The zero-order valence-corrected chi connectivity index (χ0v) is 11.1. The van der Waals surface area contributed by atoms with E-state index in [2.05, 4.69) is 34.5 Å². The van der Waals surface area contributed by atoms with Crippen molar-refractivity contribution in [1.29, 1.82) is 0 Å². The molecule has 3 nitrogen and oxygen atoms in total. The highest BCUT2D eigenvalue weighted by atomic mass is 32.1. The molecule has 0 amide bonds. The number of aryl methyl sites for hydroxylation is 2. The van der Waals surface area contributed by atoms with E-state index in [4.69, 9.17) is 0 Å². The van der Waals surface area contributed by atoms with Crippen LogP contribution in [-0.4, -0.2) is 16.5 Å². The first-order chi connectivity index (χ1) is 7.75. The summed E-state index contributed by atoms with van der Waals surface area (Å²) in [5.74, 6) is 0. The molecule has 1 N–H and O–H groups in total. The molecule has 2 aromatic heterocycles. The second-order valence-corrected chi connectivity index (χ2v) is 5.66. The zero-order valence-electron chi connectivity index (χ0n) is 9.49. The maximum absolute atomic E-state index is 4.51. The highest BCUT2D eigenvalue weighted by molar-refractivity contribution is 7.11.